The highest BCUT2D eigenvalue weighted by atomic mass is 16.4. The standard InChI is InChI=1S/C12H18N2O6/c1-8(17)4-5-10(11(18)19)14-12(20)13-9(7-16)3-2-6-15/h6-7,9-10H,2-5H2,1H3,(H,18,19)(H2,13,14,20)/t9-,10-/m0/s1. The normalized spacial score (nSPS) is 12.8. The van der Waals surface area contributed by atoms with Gasteiger partial charge in [0.25, 0.3) is 0 Å². The Morgan fingerprint density at radius 3 is 2.25 bits per heavy atom. The molecule has 0 aromatic carbocycles. The Labute approximate surface area is 115 Å². The molecule has 20 heavy (non-hydrogen) atoms. The molecule has 3 N–H and O–H groups in total. The lowest BCUT2D eigenvalue weighted by molar-refractivity contribution is -0.139. The molecular weight excluding hydrogens is 268 g/mol. The molecule has 0 spiro atoms. The van der Waals surface area contributed by atoms with Crippen molar-refractivity contribution in [2.45, 2.75) is 44.7 Å². The molecule has 0 fully saturated rings. The molecule has 0 saturated carbocycles. The minimum absolute atomic E-state index is 0.0273. The monoisotopic (exact) mass is 286 g/mol. The molecule has 0 aromatic heterocycles. The molecule has 0 unspecified atom stereocenters. The minimum Gasteiger partial charge on any atom is -0.480 e. The Morgan fingerprint density at radius 1 is 1.15 bits per heavy atom. The SMILES string of the molecule is CC(=O)CC[C@H](NC(=O)N[C@H](C=O)CCC=O)C(=O)O. The van der Waals surface area contributed by atoms with E-state index in [4.69, 9.17) is 5.11 Å². The van der Waals surface area contributed by atoms with Crippen LogP contribution in [0.15, 0.2) is 0 Å². The summed E-state index contributed by atoms with van der Waals surface area (Å²) in [4.78, 5) is 54.1. The van der Waals surface area contributed by atoms with E-state index in [-0.39, 0.29) is 31.5 Å². The van der Waals surface area contributed by atoms with Crippen molar-refractivity contribution in [1.82, 2.24) is 10.6 Å². The number of rotatable bonds is 10. The van der Waals surface area contributed by atoms with Gasteiger partial charge in [-0.05, 0) is 19.8 Å². The van der Waals surface area contributed by atoms with Gasteiger partial charge in [0, 0.05) is 12.8 Å². The molecule has 0 aromatic rings. The molecule has 2 amide bonds. The highest BCUT2D eigenvalue weighted by Crippen LogP contribution is 1.99. The van der Waals surface area contributed by atoms with Gasteiger partial charge in [-0.1, -0.05) is 0 Å². The van der Waals surface area contributed by atoms with Crippen LogP contribution < -0.4 is 10.6 Å². The summed E-state index contributed by atoms with van der Waals surface area (Å²) in [5.41, 5.74) is 0. The first-order chi connectivity index (χ1) is 9.40. The van der Waals surface area contributed by atoms with Crippen molar-refractivity contribution in [3.63, 3.8) is 0 Å². The van der Waals surface area contributed by atoms with E-state index in [2.05, 4.69) is 10.6 Å². The molecule has 0 aliphatic heterocycles. The zero-order chi connectivity index (χ0) is 15.5. The van der Waals surface area contributed by atoms with Crippen molar-refractivity contribution >= 4 is 30.4 Å². The molecule has 8 heteroatoms. The fourth-order valence-corrected chi connectivity index (χ4v) is 1.40. The third kappa shape index (κ3) is 7.96. The summed E-state index contributed by atoms with van der Waals surface area (Å²) in [5.74, 6) is -1.45. The van der Waals surface area contributed by atoms with Crippen LogP contribution in [0.2, 0.25) is 0 Å². The van der Waals surface area contributed by atoms with Crippen LogP contribution in [0.25, 0.3) is 0 Å². The molecule has 0 aliphatic rings. The second-order valence-electron chi connectivity index (χ2n) is 4.24. The van der Waals surface area contributed by atoms with Gasteiger partial charge in [-0.25, -0.2) is 9.59 Å². The molecule has 0 heterocycles. The fourth-order valence-electron chi connectivity index (χ4n) is 1.40. The van der Waals surface area contributed by atoms with Crippen LogP contribution in [-0.4, -0.2) is 47.5 Å². The summed E-state index contributed by atoms with van der Waals surface area (Å²) >= 11 is 0. The third-order valence-corrected chi connectivity index (χ3v) is 2.46. The summed E-state index contributed by atoms with van der Waals surface area (Å²) in [6, 6.07) is -2.90. The number of urea groups is 1. The van der Waals surface area contributed by atoms with Crippen molar-refractivity contribution in [2.75, 3.05) is 0 Å². The third-order valence-electron chi connectivity index (χ3n) is 2.46. The van der Waals surface area contributed by atoms with E-state index in [0.717, 1.165) is 0 Å². The number of carbonyl (C=O) groups is 5. The van der Waals surface area contributed by atoms with E-state index in [1.54, 1.807) is 0 Å². The van der Waals surface area contributed by atoms with E-state index in [1.165, 1.54) is 6.92 Å². The molecule has 0 rings (SSSR count). The van der Waals surface area contributed by atoms with Gasteiger partial charge in [0.1, 0.15) is 24.4 Å². The highest BCUT2D eigenvalue weighted by Gasteiger charge is 2.21. The topological polar surface area (TPSA) is 130 Å². The number of Topliss-reactive ketones (excluding diaryl/α,β-unsaturated/α-hetero) is 1. The number of aliphatic carboxylic acids is 1. The van der Waals surface area contributed by atoms with Gasteiger partial charge < -0.3 is 30.1 Å². The second kappa shape index (κ2) is 9.65. The first-order valence-corrected chi connectivity index (χ1v) is 6.09. The number of carbonyl (C=O) groups excluding carboxylic acids is 4. The van der Waals surface area contributed by atoms with Crippen molar-refractivity contribution in [3.05, 3.63) is 0 Å². The number of carboxylic acid groups (broad SMARTS) is 1. The molecule has 8 nitrogen and oxygen atoms in total. The van der Waals surface area contributed by atoms with Gasteiger partial charge >= 0.3 is 12.0 Å². The Balaban J connectivity index is 4.36. The highest BCUT2D eigenvalue weighted by molar-refractivity contribution is 5.84. The zero-order valence-corrected chi connectivity index (χ0v) is 11.1. The number of carboxylic acids is 1. The minimum atomic E-state index is -1.27. The molecule has 0 aliphatic carbocycles. The first-order valence-electron chi connectivity index (χ1n) is 6.09. The smallest absolute Gasteiger partial charge is 0.326 e. The van der Waals surface area contributed by atoms with Crippen molar-refractivity contribution in [3.8, 4) is 0 Å². The summed E-state index contributed by atoms with van der Waals surface area (Å²) < 4.78 is 0. The maximum atomic E-state index is 11.5. The lowest BCUT2D eigenvalue weighted by Gasteiger charge is -2.17. The van der Waals surface area contributed by atoms with Gasteiger partial charge in [0.05, 0.1) is 6.04 Å². The maximum Gasteiger partial charge on any atom is 0.326 e. The van der Waals surface area contributed by atoms with Gasteiger partial charge in [-0.3, -0.25) is 0 Å². The number of hydrogen-bond donors (Lipinski definition) is 3. The van der Waals surface area contributed by atoms with Gasteiger partial charge in [0.2, 0.25) is 0 Å². The van der Waals surface area contributed by atoms with E-state index in [9.17, 15) is 24.0 Å². The van der Waals surface area contributed by atoms with E-state index < -0.39 is 24.1 Å². The molecule has 0 bridgehead atoms. The van der Waals surface area contributed by atoms with E-state index in [1.807, 2.05) is 0 Å². The quantitative estimate of drug-likeness (QED) is 0.471. The van der Waals surface area contributed by atoms with Gasteiger partial charge in [-0.2, -0.15) is 0 Å². The van der Waals surface area contributed by atoms with Gasteiger partial charge in [0.15, 0.2) is 0 Å². The maximum absolute atomic E-state index is 11.5. The van der Waals surface area contributed by atoms with Crippen molar-refractivity contribution in [1.29, 1.82) is 0 Å². The largest absolute Gasteiger partial charge is 0.480 e. The predicted octanol–water partition coefficient (Wildman–Crippen LogP) is -0.345. The average molecular weight is 286 g/mol. The van der Waals surface area contributed by atoms with Crippen LogP contribution in [-0.2, 0) is 19.2 Å². The number of ketones is 1. The van der Waals surface area contributed by atoms with E-state index >= 15 is 0 Å². The molecule has 0 saturated heterocycles. The van der Waals surface area contributed by atoms with Crippen LogP contribution in [0.3, 0.4) is 0 Å². The number of hydrogen-bond acceptors (Lipinski definition) is 5. The predicted molar refractivity (Wildman–Crippen MR) is 68.2 cm³/mol. The van der Waals surface area contributed by atoms with Crippen LogP contribution in [0.4, 0.5) is 4.79 Å². The van der Waals surface area contributed by atoms with Crippen molar-refractivity contribution < 1.29 is 29.1 Å². The summed E-state index contributed by atoms with van der Waals surface area (Å²) in [5, 5.41) is 13.3. The van der Waals surface area contributed by atoms with Crippen LogP contribution >= 0.6 is 0 Å². The summed E-state index contributed by atoms with van der Waals surface area (Å²) in [7, 11) is 0. The first kappa shape index (κ1) is 17.8. The number of aldehydes is 2. The summed E-state index contributed by atoms with van der Waals surface area (Å²) in [6.45, 7) is 1.32. The van der Waals surface area contributed by atoms with E-state index in [0.29, 0.717) is 12.6 Å². The Kier molecular flexibility index (Phi) is 8.56. The number of amides is 2. The van der Waals surface area contributed by atoms with Crippen LogP contribution in [0.1, 0.15) is 32.6 Å². The lowest BCUT2D eigenvalue weighted by atomic mass is 10.1. The van der Waals surface area contributed by atoms with Crippen molar-refractivity contribution in [2.24, 2.45) is 0 Å². The Morgan fingerprint density at radius 2 is 1.80 bits per heavy atom. The molecule has 112 valence electrons. The molecular formula is C12H18N2O6. The van der Waals surface area contributed by atoms with Crippen LogP contribution in [0, 0.1) is 0 Å². The lowest BCUT2D eigenvalue weighted by Crippen LogP contribution is -2.49. The Hall–Kier alpha value is -2.25. The number of nitrogens with one attached hydrogen (secondary N) is 2. The zero-order valence-electron chi connectivity index (χ0n) is 11.1. The second-order valence-corrected chi connectivity index (χ2v) is 4.24. The molecule has 2 atom stereocenters. The fraction of sp³-hybridized carbons (Fsp3) is 0.583. The van der Waals surface area contributed by atoms with Gasteiger partial charge in [-0.15, -0.1) is 0 Å². The Bertz CT molecular complexity index is 382. The molecule has 0 radical (unpaired) electrons. The summed E-state index contributed by atoms with van der Waals surface area (Å²) in [6.07, 6.45) is 1.33. The average Bonchev–Trinajstić information content (AvgIpc) is 2.38. The van der Waals surface area contributed by atoms with Crippen LogP contribution in [0.5, 0.6) is 0 Å².